The van der Waals surface area contributed by atoms with Crippen molar-refractivity contribution in [3.63, 3.8) is 0 Å². The maximum atomic E-state index is 11.6. The summed E-state index contributed by atoms with van der Waals surface area (Å²) >= 11 is 2.44. The van der Waals surface area contributed by atoms with Crippen molar-refractivity contribution in [2.45, 2.75) is 277 Å². The third kappa shape index (κ3) is 7.73. The number of nitriles is 1. The lowest BCUT2D eigenvalue weighted by molar-refractivity contribution is -0.0503. The number of thioether (sulfide) groups is 1. The van der Waals surface area contributed by atoms with Gasteiger partial charge in [0.25, 0.3) is 0 Å². The summed E-state index contributed by atoms with van der Waals surface area (Å²) in [7, 11) is 0. The van der Waals surface area contributed by atoms with Crippen molar-refractivity contribution in [3.8, 4) is 6.07 Å². The van der Waals surface area contributed by atoms with Gasteiger partial charge in [0.15, 0.2) is 0 Å². The van der Waals surface area contributed by atoms with E-state index in [1.165, 1.54) is 199 Å². The van der Waals surface area contributed by atoms with Gasteiger partial charge in [-0.25, -0.2) is 0 Å². The van der Waals surface area contributed by atoms with Crippen molar-refractivity contribution in [3.05, 3.63) is 11.6 Å². The number of ether oxygens (including phenoxy) is 1. The van der Waals surface area contributed by atoms with Crippen LogP contribution in [0, 0.1) is 81.8 Å². The summed E-state index contributed by atoms with van der Waals surface area (Å²) in [6.07, 6.45) is 47.6. The topological polar surface area (TPSA) is 63.6 Å². The van der Waals surface area contributed by atoms with Crippen molar-refractivity contribution < 1.29 is 4.74 Å². The van der Waals surface area contributed by atoms with Crippen LogP contribution in [0.4, 0.5) is 0 Å². The molecule has 14 aliphatic rings. The average molecular weight is 933 g/mol. The van der Waals surface area contributed by atoms with Gasteiger partial charge in [-0.3, -0.25) is 15.1 Å². The van der Waals surface area contributed by atoms with Crippen LogP contribution in [0.3, 0.4) is 0 Å². The highest BCUT2D eigenvalue weighted by molar-refractivity contribution is 8.00. The zero-order valence-corrected chi connectivity index (χ0v) is 43.0. The highest BCUT2D eigenvalue weighted by Gasteiger charge is 2.64. The molecule has 8 saturated carbocycles. The zero-order chi connectivity index (χ0) is 44.4. The van der Waals surface area contributed by atoms with E-state index in [-0.39, 0.29) is 5.92 Å². The number of fused-ring (bicyclic) bond motifs is 15. The fourth-order valence-corrected chi connectivity index (χ4v) is 23.9. The summed E-state index contributed by atoms with van der Waals surface area (Å²) in [6, 6.07) is 7.44. The van der Waals surface area contributed by atoms with E-state index in [0.717, 1.165) is 82.3 Å². The first-order chi connectivity index (χ1) is 33.0. The summed E-state index contributed by atoms with van der Waals surface area (Å²) in [5, 5.41) is 22.8. The molecule has 0 aromatic carbocycles. The Morgan fingerprint density at radius 3 is 2.16 bits per heavy atom. The molecule has 5 aliphatic heterocycles. The van der Waals surface area contributed by atoms with Gasteiger partial charge < -0.3 is 10.1 Å². The van der Waals surface area contributed by atoms with E-state index < -0.39 is 0 Å². The Balaban J connectivity index is 0.803. The fourth-order valence-electron chi connectivity index (χ4n) is 21.9. The molecule has 7 heteroatoms. The van der Waals surface area contributed by atoms with Gasteiger partial charge in [-0.15, -0.1) is 0 Å². The summed E-state index contributed by atoms with van der Waals surface area (Å²) in [5.74, 6) is 8.34. The van der Waals surface area contributed by atoms with Gasteiger partial charge in [0, 0.05) is 59.3 Å². The quantitative estimate of drug-likeness (QED) is 0.195. The molecule has 67 heavy (non-hydrogen) atoms. The fraction of sp³-hybridized carbons (Fsp3) is 0.950. The van der Waals surface area contributed by atoms with E-state index >= 15 is 0 Å². The summed E-state index contributed by atoms with van der Waals surface area (Å²) in [6.45, 7) is 3.89. The van der Waals surface area contributed by atoms with Gasteiger partial charge in [0.05, 0.1) is 30.4 Å². The lowest BCUT2D eigenvalue weighted by atomic mass is 9.62. The number of rotatable bonds is 7. The van der Waals surface area contributed by atoms with Gasteiger partial charge in [-0.2, -0.15) is 17.0 Å². The van der Waals surface area contributed by atoms with Crippen LogP contribution in [-0.2, 0) is 4.74 Å². The molecule has 4 saturated heterocycles. The van der Waals surface area contributed by atoms with Crippen LogP contribution in [0.15, 0.2) is 11.6 Å². The molecule has 0 aromatic rings. The summed E-state index contributed by atoms with van der Waals surface area (Å²) in [5.41, 5.74) is 2.19. The molecule has 14 rings (SSSR count). The first-order valence-electron chi connectivity index (χ1n) is 30.4. The second-order valence-electron chi connectivity index (χ2n) is 27.5. The molecule has 370 valence electrons. The number of hydrogen-bond donors (Lipinski definition) is 2. The van der Waals surface area contributed by atoms with Gasteiger partial charge in [-0.1, -0.05) is 89.2 Å². The molecule has 12 fully saturated rings. The predicted molar refractivity (Wildman–Crippen MR) is 272 cm³/mol. The smallest absolute Gasteiger partial charge is 0.0672 e. The first kappa shape index (κ1) is 45.0. The Kier molecular flexibility index (Phi) is 12.4. The third-order valence-corrected chi connectivity index (χ3v) is 26.3. The third-order valence-electron chi connectivity index (χ3n) is 24.5. The van der Waals surface area contributed by atoms with Crippen LogP contribution in [-0.4, -0.2) is 87.5 Å². The Bertz CT molecular complexity index is 1840. The molecule has 23 atom stereocenters. The zero-order valence-electron chi connectivity index (χ0n) is 42.1. The van der Waals surface area contributed by atoms with Gasteiger partial charge in [0.1, 0.15) is 0 Å². The molecule has 0 spiro atoms. The van der Waals surface area contributed by atoms with E-state index in [4.69, 9.17) is 10.1 Å². The molecule has 23 unspecified atom stereocenters. The number of likely N-dealkylation sites (tertiary alicyclic amines) is 1. The van der Waals surface area contributed by atoms with E-state index in [9.17, 15) is 5.26 Å². The molecule has 6 nitrogen and oxygen atoms in total. The number of nitrogens with zero attached hydrogens (tertiary/aromatic N) is 3. The van der Waals surface area contributed by atoms with Crippen LogP contribution in [0.2, 0.25) is 0 Å². The first-order valence-corrected chi connectivity index (χ1v) is 31.4. The second kappa shape index (κ2) is 18.4. The van der Waals surface area contributed by atoms with E-state index in [1.807, 2.05) is 0 Å². The van der Waals surface area contributed by atoms with E-state index in [0.29, 0.717) is 59.9 Å². The molecular formula is C60H93N5OS. The van der Waals surface area contributed by atoms with E-state index in [2.05, 4.69) is 45.9 Å². The Morgan fingerprint density at radius 2 is 1.36 bits per heavy atom. The molecule has 2 N–H and O–H groups in total. The van der Waals surface area contributed by atoms with Gasteiger partial charge in [-0.05, 0) is 193 Å². The van der Waals surface area contributed by atoms with Crippen molar-refractivity contribution in [1.29, 1.82) is 5.26 Å². The SMILES string of the molecule is CC1(CNC(NC2CC3=CC4C(CC3)C3C5C(CCC3N4C3CC(N4C6CCCCC6C6CCCCC64)C(C#N)CC23)OC2CCCCC25)C2CCCCC2)CCC2SC3CCCCC3C2C1. The Morgan fingerprint density at radius 1 is 0.642 bits per heavy atom. The maximum absolute atomic E-state index is 11.6. The average Bonchev–Trinajstić information content (AvgIpc) is 4.11. The molecule has 5 heterocycles. The molecule has 2 bridgehead atoms. The van der Waals surface area contributed by atoms with Crippen LogP contribution in [0.25, 0.3) is 0 Å². The Labute approximate surface area is 412 Å². The normalized spacial score (nSPS) is 53.2. The summed E-state index contributed by atoms with van der Waals surface area (Å²) in [4.78, 5) is 6.54. The second-order valence-corrected chi connectivity index (χ2v) is 29.0. The van der Waals surface area contributed by atoms with Gasteiger partial charge in [0.2, 0.25) is 0 Å². The van der Waals surface area contributed by atoms with E-state index in [1.54, 1.807) is 5.57 Å². The van der Waals surface area contributed by atoms with Crippen molar-refractivity contribution in [2.24, 2.45) is 70.5 Å². The molecule has 0 aromatic heterocycles. The number of hydrogen-bond acceptors (Lipinski definition) is 7. The van der Waals surface area contributed by atoms with Crippen LogP contribution in [0.1, 0.15) is 206 Å². The maximum Gasteiger partial charge on any atom is 0.0672 e. The Hall–Kier alpha value is -0.620. The lowest BCUT2D eigenvalue weighted by Gasteiger charge is -2.55. The monoisotopic (exact) mass is 932 g/mol. The van der Waals surface area contributed by atoms with Gasteiger partial charge >= 0.3 is 0 Å². The van der Waals surface area contributed by atoms with Crippen LogP contribution in [0.5, 0.6) is 0 Å². The largest absolute Gasteiger partial charge is 0.374 e. The highest BCUT2D eigenvalue weighted by Crippen LogP contribution is 2.62. The standard InChI is InChI=1S/C60H93N5OS/c1-60(28-27-56-45(33-60)41-17-8-12-22-55(41)67-56)35-62-59(37-13-3-2-4-14-37)63-46-29-36-23-24-42-51(30-36)65(49-25-26-54-58(57(42)49)43-18-7-11-21-53(43)66-54)52-32-50(38(34-61)31-44(46)52)64-47-19-9-5-15-39(47)40-16-6-10-20-48(40)64/h30,37-59,62-63H,2-29,31-33,35H2,1H3. The van der Waals surface area contributed by atoms with Crippen LogP contribution < -0.4 is 10.6 Å². The molecule has 0 radical (unpaired) electrons. The summed E-state index contributed by atoms with van der Waals surface area (Å²) < 4.78 is 7.15. The minimum Gasteiger partial charge on any atom is -0.374 e. The minimum atomic E-state index is 0.154. The minimum absolute atomic E-state index is 0.154. The van der Waals surface area contributed by atoms with Crippen molar-refractivity contribution in [2.75, 3.05) is 6.54 Å². The number of nitrogens with one attached hydrogen (secondary N) is 2. The van der Waals surface area contributed by atoms with Crippen LogP contribution >= 0.6 is 11.8 Å². The molecule has 0 amide bonds. The van der Waals surface area contributed by atoms with Crippen molar-refractivity contribution in [1.82, 2.24) is 20.4 Å². The lowest BCUT2D eigenvalue weighted by Crippen LogP contribution is -2.65. The molecular weight excluding hydrogens is 839 g/mol. The molecule has 9 aliphatic carbocycles. The predicted octanol–water partition coefficient (Wildman–Crippen LogP) is 12.4. The van der Waals surface area contributed by atoms with Crippen molar-refractivity contribution >= 4 is 11.8 Å². The highest BCUT2D eigenvalue weighted by atomic mass is 32.2.